The summed E-state index contributed by atoms with van der Waals surface area (Å²) in [5.74, 6) is 0.510. The molecule has 4 nitrogen and oxygen atoms in total. The minimum absolute atomic E-state index is 0.441. The fourth-order valence-corrected chi connectivity index (χ4v) is 1.67. The van der Waals surface area contributed by atoms with Crippen LogP contribution in [0.15, 0.2) is 18.2 Å². The molecular formula is C14H22BClO4. The molecular weight excluding hydrogens is 278 g/mol. The van der Waals surface area contributed by atoms with Crippen LogP contribution in [0.1, 0.15) is 34.6 Å². The molecule has 0 aromatic heterocycles. The second-order valence-corrected chi connectivity index (χ2v) is 6.09. The lowest BCUT2D eigenvalue weighted by atomic mass is 9.76. The molecule has 0 saturated heterocycles. The Hall–Kier alpha value is -0.745. The zero-order valence-corrected chi connectivity index (χ0v) is 13.4. The van der Waals surface area contributed by atoms with E-state index in [0.29, 0.717) is 22.8 Å². The molecule has 0 spiro atoms. The highest BCUT2D eigenvalue weighted by Crippen LogP contribution is 2.26. The second-order valence-electron chi connectivity index (χ2n) is 5.65. The molecule has 20 heavy (non-hydrogen) atoms. The summed E-state index contributed by atoms with van der Waals surface area (Å²) in [7, 11) is -1.24. The maximum atomic E-state index is 10.3. The Labute approximate surface area is 125 Å². The first-order valence-corrected chi connectivity index (χ1v) is 6.97. The molecule has 1 aromatic rings. The molecule has 2 N–H and O–H groups in total. The third-order valence-electron chi connectivity index (χ3n) is 3.42. The maximum absolute atomic E-state index is 10.3. The van der Waals surface area contributed by atoms with Crippen molar-refractivity contribution in [1.82, 2.24) is 0 Å². The summed E-state index contributed by atoms with van der Waals surface area (Å²) in [6.45, 7) is 8.99. The van der Waals surface area contributed by atoms with Crippen molar-refractivity contribution >= 4 is 24.2 Å². The van der Waals surface area contributed by atoms with Gasteiger partial charge in [-0.15, -0.1) is 0 Å². The van der Waals surface area contributed by atoms with E-state index in [9.17, 15) is 10.1 Å². The van der Waals surface area contributed by atoms with Gasteiger partial charge in [-0.25, -0.2) is 0 Å². The highest BCUT2D eigenvalue weighted by atomic mass is 35.5. The Bertz CT molecular complexity index is 457. The lowest BCUT2D eigenvalue weighted by Crippen LogP contribution is -2.53. The van der Waals surface area contributed by atoms with Gasteiger partial charge in [-0.05, 0) is 52.8 Å². The van der Waals surface area contributed by atoms with Crippen LogP contribution in [0, 0.1) is 0 Å². The third kappa shape index (κ3) is 4.12. The van der Waals surface area contributed by atoms with Crippen LogP contribution < -0.4 is 10.2 Å². The molecule has 0 radical (unpaired) electrons. The van der Waals surface area contributed by atoms with Crippen molar-refractivity contribution in [3.05, 3.63) is 23.2 Å². The van der Waals surface area contributed by atoms with Crippen LogP contribution in [0.2, 0.25) is 5.02 Å². The van der Waals surface area contributed by atoms with E-state index >= 15 is 0 Å². The monoisotopic (exact) mass is 300 g/mol. The fourth-order valence-electron chi connectivity index (χ4n) is 1.49. The highest BCUT2D eigenvalue weighted by molar-refractivity contribution is 6.61. The molecule has 0 saturated carbocycles. The zero-order chi connectivity index (χ0) is 15.6. The summed E-state index contributed by atoms with van der Waals surface area (Å²) in [5, 5.41) is 20.8. The smallest absolute Gasteiger partial charge is 0.494 e. The van der Waals surface area contributed by atoms with Crippen molar-refractivity contribution in [3.63, 3.8) is 0 Å². The summed E-state index contributed by atoms with van der Waals surface area (Å²) in [6, 6.07) is 4.96. The van der Waals surface area contributed by atoms with Crippen LogP contribution in [0.5, 0.6) is 5.75 Å². The van der Waals surface area contributed by atoms with Gasteiger partial charge in [0.05, 0.1) is 17.8 Å². The van der Waals surface area contributed by atoms with Crippen molar-refractivity contribution in [2.24, 2.45) is 0 Å². The number of hydrogen-bond donors (Lipinski definition) is 2. The van der Waals surface area contributed by atoms with Gasteiger partial charge in [0.25, 0.3) is 0 Å². The topological polar surface area (TPSA) is 58.9 Å². The first-order valence-electron chi connectivity index (χ1n) is 6.59. The maximum Gasteiger partial charge on any atom is 0.495 e. The minimum Gasteiger partial charge on any atom is -0.494 e. The molecule has 0 atom stereocenters. The fraction of sp³-hybridized carbons (Fsp3) is 0.571. The van der Waals surface area contributed by atoms with Crippen molar-refractivity contribution in [2.45, 2.75) is 45.8 Å². The predicted octanol–water partition coefficient (Wildman–Crippen LogP) is 1.99. The Morgan fingerprint density at radius 2 is 1.85 bits per heavy atom. The second kappa shape index (κ2) is 6.35. The Morgan fingerprint density at radius 3 is 2.35 bits per heavy atom. The molecule has 0 aliphatic heterocycles. The lowest BCUT2D eigenvalue weighted by Gasteiger charge is -2.38. The predicted molar refractivity (Wildman–Crippen MR) is 81.7 cm³/mol. The van der Waals surface area contributed by atoms with Crippen LogP contribution in [-0.2, 0) is 4.65 Å². The first kappa shape index (κ1) is 17.3. The number of halogens is 1. The number of ether oxygens (including phenoxy) is 1. The molecule has 1 rings (SSSR count). The summed E-state index contributed by atoms with van der Waals surface area (Å²) >= 11 is 5.95. The molecule has 0 bridgehead atoms. The van der Waals surface area contributed by atoms with Gasteiger partial charge in [-0.2, -0.15) is 0 Å². The van der Waals surface area contributed by atoms with E-state index in [2.05, 4.69) is 0 Å². The van der Waals surface area contributed by atoms with E-state index in [1.807, 2.05) is 6.92 Å². The van der Waals surface area contributed by atoms with E-state index in [1.165, 1.54) is 0 Å². The van der Waals surface area contributed by atoms with E-state index in [-0.39, 0.29) is 0 Å². The van der Waals surface area contributed by atoms with Gasteiger partial charge in [0.15, 0.2) is 0 Å². The lowest BCUT2D eigenvalue weighted by molar-refractivity contribution is -0.0983. The van der Waals surface area contributed by atoms with Gasteiger partial charge < -0.3 is 19.5 Å². The van der Waals surface area contributed by atoms with Crippen molar-refractivity contribution in [3.8, 4) is 5.75 Å². The minimum atomic E-state index is -1.24. The Balaban J connectivity index is 3.03. The van der Waals surface area contributed by atoms with Crippen molar-refractivity contribution in [1.29, 1.82) is 0 Å². The van der Waals surface area contributed by atoms with Gasteiger partial charge in [0.2, 0.25) is 0 Å². The normalized spacial score (nSPS) is 12.4. The Kier molecular flexibility index (Phi) is 5.50. The number of hydrogen-bond acceptors (Lipinski definition) is 4. The molecule has 0 unspecified atom stereocenters. The molecule has 6 heteroatoms. The Morgan fingerprint density at radius 1 is 1.25 bits per heavy atom. The molecule has 112 valence electrons. The third-order valence-corrected chi connectivity index (χ3v) is 3.65. The largest absolute Gasteiger partial charge is 0.495 e. The zero-order valence-electron chi connectivity index (χ0n) is 12.6. The molecule has 0 amide bonds. The van der Waals surface area contributed by atoms with Crippen LogP contribution in [-0.4, -0.2) is 35.1 Å². The van der Waals surface area contributed by atoms with Crippen molar-refractivity contribution < 1.29 is 19.5 Å². The van der Waals surface area contributed by atoms with Gasteiger partial charge in [0, 0.05) is 10.5 Å². The number of aliphatic hydroxyl groups is 1. The number of benzene rings is 1. The standard InChI is InChI=1S/C14H22BClO4/c1-6-19-12-8-7-10(16)9-11(12)15(18)20-14(4,5)13(2,3)17/h7-9,17-18H,6H2,1-5H3. The first-order chi connectivity index (χ1) is 9.08. The van der Waals surface area contributed by atoms with Crippen LogP contribution >= 0.6 is 11.6 Å². The van der Waals surface area contributed by atoms with Crippen LogP contribution in [0.25, 0.3) is 0 Å². The SMILES string of the molecule is CCOc1ccc(Cl)cc1B(O)OC(C)(C)C(C)(C)O. The molecule has 0 aliphatic carbocycles. The molecule has 0 fully saturated rings. The van der Waals surface area contributed by atoms with E-state index < -0.39 is 18.3 Å². The summed E-state index contributed by atoms with van der Waals surface area (Å²) in [6.07, 6.45) is 0. The molecule has 0 heterocycles. The van der Waals surface area contributed by atoms with Crippen LogP contribution in [0.4, 0.5) is 0 Å². The van der Waals surface area contributed by atoms with Crippen LogP contribution in [0.3, 0.4) is 0 Å². The van der Waals surface area contributed by atoms with Gasteiger partial charge in [0.1, 0.15) is 5.75 Å². The van der Waals surface area contributed by atoms with Crippen molar-refractivity contribution in [2.75, 3.05) is 6.61 Å². The highest BCUT2D eigenvalue weighted by Gasteiger charge is 2.40. The average Bonchev–Trinajstić information content (AvgIpc) is 2.29. The average molecular weight is 301 g/mol. The summed E-state index contributed by atoms with van der Waals surface area (Å²) in [4.78, 5) is 0. The quantitative estimate of drug-likeness (QED) is 0.789. The van der Waals surface area contributed by atoms with Gasteiger partial charge in [-0.1, -0.05) is 11.6 Å². The van der Waals surface area contributed by atoms with Gasteiger partial charge in [-0.3, -0.25) is 0 Å². The van der Waals surface area contributed by atoms with Gasteiger partial charge >= 0.3 is 7.12 Å². The van der Waals surface area contributed by atoms with E-state index in [0.717, 1.165) is 0 Å². The van der Waals surface area contributed by atoms with E-state index in [1.54, 1.807) is 45.9 Å². The van der Waals surface area contributed by atoms with E-state index in [4.69, 9.17) is 21.0 Å². The number of rotatable bonds is 6. The molecule has 0 aliphatic rings. The molecule has 1 aromatic carbocycles. The summed E-state index contributed by atoms with van der Waals surface area (Å²) < 4.78 is 11.0. The summed E-state index contributed by atoms with van der Waals surface area (Å²) in [5.41, 5.74) is -1.62.